The predicted octanol–water partition coefficient (Wildman–Crippen LogP) is 2.47. The molecule has 176 valence electrons. The van der Waals surface area contributed by atoms with Crippen molar-refractivity contribution in [3.63, 3.8) is 0 Å². The van der Waals surface area contributed by atoms with Gasteiger partial charge in [-0.2, -0.15) is 0 Å². The Balaban J connectivity index is 1.78. The summed E-state index contributed by atoms with van der Waals surface area (Å²) in [7, 11) is -4.00. The van der Waals surface area contributed by atoms with E-state index in [4.69, 9.17) is 0 Å². The van der Waals surface area contributed by atoms with E-state index in [0.717, 1.165) is 21.9 Å². The number of nitrogens with zero attached hydrogens (tertiary/aromatic N) is 2. The first-order chi connectivity index (χ1) is 15.7. The van der Waals surface area contributed by atoms with Crippen LogP contribution in [0.4, 0.5) is 0 Å². The number of carbonyl (C=O) groups excluding carboxylic acids is 3. The van der Waals surface area contributed by atoms with Crippen molar-refractivity contribution >= 4 is 27.7 Å². The molecule has 0 spiro atoms. The van der Waals surface area contributed by atoms with Crippen molar-refractivity contribution in [2.45, 2.75) is 51.1 Å². The third-order valence-electron chi connectivity index (χ3n) is 5.59. The average molecular weight is 472 g/mol. The largest absolute Gasteiger partial charge is 0.354 e. The minimum absolute atomic E-state index is 0.0497. The van der Waals surface area contributed by atoms with Crippen LogP contribution in [-0.2, 0) is 26.2 Å². The standard InChI is InChI=1S/C24H29N3O5S/c1-4-13-25-23(29)18(3)26(16-19-9-7-8-17(2)15-19)22(28)12-14-27-24(30)20-10-5-6-11-21(20)33(27,31)32/h5-11,15,18H,4,12-14,16H2,1-3H3,(H,25,29). The van der Waals surface area contributed by atoms with Crippen LogP contribution in [0.5, 0.6) is 0 Å². The van der Waals surface area contributed by atoms with Gasteiger partial charge in [0.15, 0.2) is 0 Å². The molecule has 2 aromatic carbocycles. The van der Waals surface area contributed by atoms with E-state index in [9.17, 15) is 22.8 Å². The molecule has 33 heavy (non-hydrogen) atoms. The van der Waals surface area contributed by atoms with Crippen LogP contribution in [0.3, 0.4) is 0 Å². The van der Waals surface area contributed by atoms with Crippen molar-refractivity contribution < 1.29 is 22.8 Å². The molecule has 8 nitrogen and oxygen atoms in total. The van der Waals surface area contributed by atoms with Crippen LogP contribution in [0.1, 0.15) is 48.2 Å². The Kier molecular flexibility index (Phi) is 7.53. The highest BCUT2D eigenvalue weighted by Gasteiger charge is 2.41. The van der Waals surface area contributed by atoms with Gasteiger partial charge in [0.1, 0.15) is 10.9 Å². The second-order valence-corrected chi connectivity index (χ2v) is 9.94. The molecule has 0 fully saturated rings. The SMILES string of the molecule is CCCNC(=O)C(C)N(Cc1cccc(C)c1)C(=O)CCN1C(=O)c2ccccc2S1(=O)=O. The number of sulfonamides is 1. The van der Waals surface area contributed by atoms with Gasteiger partial charge in [-0.25, -0.2) is 12.7 Å². The maximum atomic E-state index is 13.2. The Morgan fingerprint density at radius 1 is 1.12 bits per heavy atom. The van der Waals surface area contributed by atoms with Crippen LogP contribution in [-0.4, -0.2) is 54.5 Å². The van der Waals surface area contributed by atoms with Crippen molar-refractivity contribution in [2.24, 2.45) is 0 Å². The summed E-state index contributed by atoms with van der Waals surface area (Å²) in [4.78, 5) is 39.8. The lowest BCUT2D eigenvalue weighted by molar-refractivity contribution is -0.140. The zero-order valence-corrected chi connectivity index (χ0v) is 19.9. The Morgan fingerprint density at radius 3 is 2.52 bits per heavy atom. The van der Waals surface area contributed by atoms with E-state index < -0.39 is 27.9 Å². The van der Waals surface area contributed by atoms with Crippen molar-refractivity contribution in [1.82, 2.24) is 14.5 Å². The van der Waals surface area contributed by atoms with Gasteiger partial charge in [-0.3, -0.25) is 14.4 Å². The molecule has 0 saturated carbocycles. The number of hydrogen-bond acceptors (Lipinski definition) is 5. The van der Waals surface area contributed by atoms with E-state index in [1.807, 2.05) is 38.1 Å². The van der Waals surface area contributed by atoms with E-state index in [0.29, 0.717) is 6.54 Å². The number of amides is 3. The molecule has 0 aliphatic carbocycles. The van der Waals surface area contributed by atoms with Crippen LogP contribution in [0.15, 0.2) is 53.4 Å². The summed E-state index contributed by atoms with van der Waals surface area (Å²) in [5.74, 6) is -1.33. The first-order valence-electron chi connectivity index (χ1n) is 11.0. The molecule has 1 aliphatic heterocycles. The van der Waals surface area contributed by atoms with Gasteiger partial charge >= 0.3 is 0 Å². The highest BCUT2D eigenvalue weighted by Crippen LogP contribution is 2.30. The molecule has 3 amide bonds. The van der Waals surface area contributed by atoms with Crippen molar-refractivity contribution in [3.05, 3.63) is 65.2 Å². The minimum Gasteiger partial charge on any atom is -0.354 e. The highest BCUT2D eigenvalue weighted by atomic mass is 32.2. The number of hydrogen-bond donors (Lipinski definition) is 1. The molecule has 0 radical (unpaired) electrons. The molecule has 1 unspecified atom stereocenters. The van der Waals surface area contributed by atoms with Gasteiger partial charge in [-0.1, -0.05) is 48.9 Å². The van der Waals surface area contributed by atoms with Crippen molar-refractivity contribution in [3.8, 4) is 0 Å². The zero-order valence-electron chi connectivity index (χ0n) is 19.1. The van der Waals surface area contributed by atoms with Crippen LogP contribution < -0.4 is 5.32 Å². The summed E-state index contributed by atoms with van der Waals surface area (Å²) in [6.45, 7) is 5.92. The van der Waals surface area contributed by atoms with Gasteiger partial charge in [-0.05, 0) is 38.0 Å². The Bertz CT molecular complexity index is 1160. The molecule has 0 bridgehead atoms. The molecular formula is C24H29N3O5S. The van der Waals surface area contributed by atoms with E-state index in [1.54, 1.807) is 19.1 Å². The number of carbonyl (C=O) groups is 3. The second-order valence-electron chi connectivity index (χ2n) is 8.11. The topological polar surface area (TPSA) is 104 Å². The monoisotopic (exact) mass is 471 g/mol. The number of aryl methyl sites for hydroxylation is 1. The fourth-order valence-corrected chi connectivity index (χ4v) is 5.35. The van der Waals surface area contributed by atoms with Crippen molar-refractivity contribution in [1.29, 1.82) is 0 Å². The summed E-state index contributed by atoms with van der Waals surface area (Å²) >= 11 is 0. The first-order valence-corrected chi connectivity index (χ1v) is 12.4. The van der Waals surface area contributed by atoms with Crippen molar-refractivity contribution in [2.75, 3.05) is 13.1 Å². The molecule has 3 rings (SSSR count). The smallest absolute Gasteiger partial charge is 0.269 e. The van der Waals surface area contributed by atoms with E-state index in [-0.39, 0.29) is 35.9 Å². The molecule has 1 N–H and O–H groups in total. The zero-order chi connectivity index (χ0) is 24.2. The van der Waals surface area contributed by atoms with Gasteiger partial charge in [0.05, 0.1) is 5.56 Å². The Hall–Kier alpha value is -3.20. The van der Waals surface area contributed by atoms with E-state index in [2.05, 4.69) is 5.32 Å². The Morgan fingerprint density at radius 2 is 1.85 bits per heavy atom. The van der Waals surface area contributed by atoms with E-state index in [1.165, 1.54) is 17.0 Å². The minimum atomic E-state index is -4.00. The molecule has 0 aromatic heterocycles. The lowest BCUT2D eigenvalue weighted by atomic mass is 10.1. The molecule has 2 aromatic rings. The number of nitrogens with one attached hydrogen (secondary N) is 1. The number of benzene rings is 2. The van der Waals surface area contributed by atoms with Gasteiger partial charge in [0, 0.05) is 26.1 Å². The summed E-state index contributed by atoms with van der Waals surface area (Å²) in [6, 6.07) is 12.9. The van der Waals surface area contributed by atoms with Gasteiger partial charge in [-0.15, -0.1) is 0 Å². The fraction of sp³-hybridized carbons (Fsp3) is 0.375. The lowest BCUT2D eigenvalue weighted by Gasteiger charge is -2.29. The van der Waals surface area contributed by atoms with Crippen LogP contribution in [0.2, 0.25) is 0 Å². The maximum Gasteiger partial charge on any atom is 0.269 e. The Labute approximate surface area is 194 Å². The molecule has 9 heteroatoms. The van der Waals surface area contributed by atoms with Crippen LogP contribution in [0.25, 0.3) is 0 Å². The normalized spacial score (nSPS) is 15.1. The third-order valence-corrected chi connectivity index (χ3v) is 7.43. The number of fused-ring (bicyclic) bond motifs is 1. The predicted molar refractivity (Wildman–Crippen MR) is 124 cm³/mol. The average Bonchev–Trinajstić information content (AvgIpc) is 2.99. The highest BCUT2D eigenvalue weighted by molar-refractivity contribution is 7.90. The second kappa shape index (κ2) is 10.2. The quantitative estimate of drug-likeness (QED) is 0.605. The van der Waals surface area contributed by atoms with Gasteiger partial charge in [0.2, 0.25) is 11.8 Å². The first kappa shape index (κ1) is 24.4. The summed E-state index contributed by atoms with van der Waals surface area (Å²) in [6.07, 6.45) is 0.538. The van der Waals surface area contributed by atoms with Crippen LogP contribution >= 0.6 is 0 Å². The third kappa shape index (κ3) is 5.24. The van der Waals surface area contributed by atoms with E-state index >= 15 is 0 Å². The maximum absolute atomic E-state index is 13.2. The number of rotatable bonds is 9. The molecule has 1 aliphatic rings. The van der Waals surface area contributed by atoms with Gasteiger partial charge in [0.25, 0.3) is 15.9 Å². The summed E-state index contributed by atoms with van der Waals surface area (Å²) < 4.78 is 26.3. The summed E-state index contributed by atoms with van der Waals surface area (Å²) in [5.41, 5.74) is 1.99. The molecule has 1 heterocycles. The fourth-order valence-electron chi connectivity index (χ4n) is 3.78. The summed E-state index contributed by atoms with van der Waals surface area (Å²) in [5, 5.41) is 2.80. The molecular weight excluding hydrogens is 442 g/mol. The molecule has 1 atom stereocenters. The molecule has 0 saturated heterocycles. The van der Waals surface area contributed by atoms with Gasteiger partial charge < -0.3 is 10.2 Å². The van der Waals surface area contributed by atoms with Crippen LogP contribution in [0, 0.1) is 6.92 Å². The lowest BCUT2D eigenvalue weighted by Crippen LogP contribution is -2.48.